The van der Waals surface area contributed by atoms with Gasteiger partial charge < -0.3 is 4.74 Å². The van der Waals surface area contributed by atoms with Gasteiger partial charge in [0.05, 0.1) is 0 Å². The zero-order chi connectivity index (χ0) is 23.9. The predicted molar refractivity (Wildman–Crippen MR) is 150 cm³/mol. The molecule has 0 unspecified atom stereocenters. The van der Waals surface area contributed by atoms with Crippen LogP contribution in [0, 0.1) is 0 Å². The van der Waals surface area contributed by atoms with E-state index in [0.717, 1.165) is 33.3 Å². The summed E-state index contributed by atoms with van der Waals surface area (Å²) in [4.78, 5) is 0. The van der Waals surface area contributed by atoms with Gasteiger partial charge in [0.1, 0.15) is 20.4 Å². The molecule has 4 aromatic carbocycles. The fraction of sp³-hybridized carbons (Fsp3) is 0.200. The summed E-state index contributed by atoms with van der Waals surface area (Å²) < 4.78 is 6.46. The average molecular weight is 504 g/mol. The van der Waals surface area contributed by atoms with Crippen molar-refractivity contribution in [3.05, 3.63) is 107 Å². The summed E-state index contributed by atoms with van der Waals surface area (Å²) in [6.45, 7) is 9.07. The molecule has 0 spiro atoms. The third kappa shape index (κ3) is 3.60. The second kappa shape index (κ2) is 9.26. The lowest BCUT2D eigenvalue weighted by Crippen LogP contribution is -2.52. The molecule has 1 nitrogen and oxygen atoms in total. The van der Waals surface area contributed by atoms with E-state index in [1.165, 1.54) is 32.8 Å². The summed E-state index contributed by atoms with van der Waals surface area (Å²) in [6, 6.07) is 27.9. The molecule has 1 aliphatic carbocycles. The van der Waals surface area contributed by atoms with Crippen LogP contribution in [0.5, 0.6) is 5.75 Å². The number of hydrogen-bond donors (Lipinski definition) is 0. The smallest absolute Gasteiger partial charge is 0.126 e. The van der Waals surface area contributed by atoms with Gasteiger partial charge in [-0.2, -0.15) is 0 Å². The first kappa shape index (κ1) is 23.2. The normalized spacial score (nSPS) is 13.1. The molecule has 5 rings (SSSR count). The van der Waals surface area contributed by atoms with E-state index in [1.54, 1.807) is 0 Å². The largest absolute Gasteiger partial charge is 0.489 e. The van der Waals surface area contributed by atoms with Crippen LogP contribution in [0.1, 0.15) is 30.5 Å². The fourth-order valence-corrected chi connectivity index (χ4v) is 11.4. The Morgan fingerprint density at radius 1 is 0.853 bits per heavy atom. The van der Waals surface area contributed by atoms with Crippen molar-refractivity contribution in [2.24, 2.45) is 0 Å². The van der Waals surface area contributed by atoms with Crippen molar-refractivity contribution >= 4 is 47.2 Å². The van der Waals surface area contributed by atoms with Crippen molar-refractivity contribution in [2.45, 2.75) is 31.5 Å². The van der Waals surface area contributed by atoms with Crippen LogP contribution in [-0.4, -0.2) is 14.7 Å². The summed E-state index contributed by atoms with van der Waals surface area (Å²) in [7, 11) is -2.22. The molecular weight excluding hydrogens is 475 g/mol. The second-order valence-corrected chi connectivity index (χ2v) is 14.7. The van der Waals surface area contributed by atoms with Crippen LogP contribution in [0.3, 0.4) is 0 Å². The Hall–Kier alpha value is -2.52. The monoisotopic (exact) mass is 502 g/mol. The number of fused-ring (bicyclic) bond motifs is 4. The third-order valence-corrected chi connectivity index (χ3v) is 13.7. The summed E-state index contributed by atoms with van der Waals surface area (Å²) >= 11 is 13.2. The minimum atomic E-state index is -2.22. The molecule has 4 aromatic rings. The highest BCUT2D eigenvalue weighted by molar-refractivity contribution is 6.94. The van der Waals surface area contributed by atoms with Gasteiger partial charge in [-0.25, -0.2) is 0 Å². The molecule has 0 atom stereocenters. The van der Waals surface area contributed by atoms with E-state index < -0.39 is 8.07 Å². The van der Waals surface area contributed by atoms with E-state index in [9.17, 15) is 0 Å². The van der Waals surface area contributed by atoms with Gasteiger partial charge in [0.2, 0.25) is 0 Å². The van der Waals surface area contributed by atoms with Crippen molar-refractivity contribution in [2.75, 3.05) is 6.61 Å². The van der Waals surface area contributed by atoms with E-state index >= 15 is 0 Å². The van der Waals surface area contributed by atoms with E-state index in [4.69, 9.17) is 27.9 Å². The maximum absolute atomic E-state index is 6.58. The molecule has 0 aromatic heterocycles. The first-order valence-electron chi connectivity index (χ1n) is 11.9. The van der Waals surface area contributed by atoms with E-state index in [2.05, 4.69) is 81.1 Å². The lowest BCUT2D eigenvalue weighted by molar-refractivity contribution is 0.370. The van der Waals surface area contributed by atoms with E-state index in [-0.39, 0.29) is 5.54 Å². The van der Waals surface area contributed by atoms with Crippen LogP contribution < -0.4 is 9.92 Å². The molecule has 0 radical (unpaired) electrons. The van der Waals surface area contributed by atoms with Gasteiger partial charge in [-0.15, -0.1) is 0 Å². The van der Waals surface area contributed by atoms with Crippen molar-refractivity contribution in [1.29, 1.82) is 0 Å². The quantitative estimate of drug-likeness (QED) is 0.181. The number of hydrogen-bond acceptors (Lipinski definition) is 1. The van der Waals surface area contributed by atoms with Crippen molar-refractivity contribution in [3.8, 4) is 16.9 Å². The molecule has 0 N–H and O–H groups in total. The highest BCUT2D eigenvalue weighted by Gasteiger charge is 2.48. The molecule has 0 amide bonds. The summed E-state index contributed by atoms with van der Waals surface area (Å²) in [5.41, 5.74) is 5.44. The Labute approximate surface area is 213 Å². The zero-order valence-electron chi connectivity index (χ0n) is 19.6. The van der Waals surface area contributed by atoms with Gasteiger partial charge in [0.25, 0.3) is 0 Å². The van der Waals surface area contributed by atoms with Crippen molar-refractivity contribution < 1.29 is 4.74 Å². The lowest BCUT2D eigenvalue weighted by Gasteiger charge is -2.39. The summed E-state index contributed by atoms with van der Waals surface area (Å²) in [5.74, 6) is 1.01. The standard InChI is InChI=1S/C30H28Cl2OSi/c1-4-17-33-29-23-10-8-7-9-20(23)11-16-28(29)34(5-2,6-3)30-26-18-21(31)12-14-24(26)25-15-13-22(32)19-27(25)30/h4,7-16,18-19,30H,1,5-6,17H2,2-3H3. The van der Waals surface area contributed by atoms with Crippen molar-refractivity contribution in [1.82, 2.24) is 0 Å². The van der Waals surface area contributed by atoms with E-state index in [1.807, 2.05) is 18.2 Å². The summed E-state index contributed by atoms with van der Waals surface area (Å²) in [6.07, 6.45) is 1.83. The van der Waals surface area contributed by atoms with Crippen LogP contribution in [0.25, 0.3) is 21.9 Å². The third-order valence-electron chi connectivity index (χ3n) is 7.52. The Kier molecular flexibility index (Phi) is 6.33. The molecule has 0 aliphatic heterocycles. The Balaban J connectivity index is 1.83. The van der Waals surface area contributed by atoms with Crippen LogP contribution in [0.15, 0.2) is 85.5 Å². The average Bonchev–Trinajstić information content (AvgIpc) is 3.17. The Morgan fingerprint density at radius 2 is 1.47 bits per heavy atom. The fourth-order valence-electron chi connectivity index (χ4n) is 5.93. The first-order valence-corrected chi connectivity index (χ1v) is 15.1. The molecule has 0 saturated carbocycles. The summed E-state index contributed by atoms with van der Waals surface area (Å²) in [5, 5.41) is 5.27. The van der Waals surface area contributed by atoms with Gasteiger partial charge in [-0.1, -0.05) is 110 Å². The molecular formula is C30H28Cl2OSi. The highest BCUT2D eigenvalue weighted by atomic mass is 35.5. The zero-order valence-corrected chi connectivity index (χ0v) is 22.1. The number of halogens is 2. The van der Waals surface area contributed by atoms with Gasteiger partial charge in [-0.05, 0) is 57.1 Å². The topological polar surface area (TPSA) is 9.23 Å². The minimum Gasteiger partial charge on any atom is -0.489 e. The predicted octanol–water partition coefficient (Wildman–Crippen LogP) is 8.76. The lowest BCUT2D eigenvalue weighted by atomic mass is 10.1. The van der Waals surface area contributed by atoms with Gasteiger partial charge in [-0.3, -0.25) is 0 Å². The van der Waals surface area contributed by atoms with Crippen LogP contribution in [0.2, 0.25) is 22.1 Å². The first-order chi connectivity index (χ1) is 16.5. The molecule has 0 saturated heterocycles. The molecule has 34 heavy (non-hydrogen) atoms. The molecule has 1 aliphatic rings. The van der Waals surface area contributed by atoms with E-state index in [0.29, 0.717) is 6.61 Å². The number of benzene rings is 4. The second-order valence-electron chi connectivity index (χ2n) is 9.02. The Morgan fingerprint density at radius 3 is 2.06 bits per heavy atom. The number of ether oxygens (including phenoxy) is 1. The molecule has 0 heterocycles. The maximum Gasteiger partial charge on any atom is 0.126 e. The molecule has 0 fully saturated rings. The molecule has 0 bridgehead atoms. The van der Waals surface area contributed by atoms with Gasteiger partial charge in [0.15, 0.2) is 0 Å². The van der Waals surface area contributed by atoms with Crippen molar-refractivity contribution in [3.63, 3.8) is 0 Å². The number of rotatable bonds is 7. The Bertz CT molecular complexity index is 1340. The SMILES string of the molecule is C=CCOc1c([Si](CC)(CC)C2c3cc(Cl)ccc3-c3ccc(Cl)cc32)ccc2ccccc12. The van der Waals surface area contributed by atoms with Gasteiger partial charge >= 0.3 is 0 Å². The molecule has 4 heteroatoms. The highest BCUT2D eigenvalue weighted by Crippen LogP contribution is 2.52. The van der Waals surface area contributed by atoms with Crippen LogP contribution in [0.4, 0.5) is 0 Å². The van der Waals surface area contributed by atoms with Gasteiger partial charge in [0, 0.05) is 21.0 Å². The molecule has 172 valence electrons. The maximum atomic E-state index is 6.58. The van der Waals surface area contributed by atoms with Crippen LogP contribution in [-0.2, 0) is 0 Å². The van der Waals surface area contributed by atoms with Crippen LogP contribution >= 0.6 is 23.2 Å². The minimum absolute atomic E-state index is 0.247.